The Morgan fingerprint density at radius 3 is 2.44 bits per heavy atom. The first-order valence-corrected chi connectivity index (χ1v) is 9.17. The average Bonchev–Trinajstić information content (AvgIpc) is 2.64. The fraction of sp³-hybridized carbons (Fsp3) is 0.476. The number of amides is 1. The van der Waals surface area contributed by atoms with Crippen molar-refractivity contribution in [1.29, 1.82) is 0 Å². The third-order valence-electron chi connectivity index (χ3n) is 6.08. The van der Waals surface area contributed by atoms with Gasteiger partial charge in [0, 0.05) is 26.2 Å². The number of piperidine rings is 1. The Kier molecular flexibility index (Phi) is 4.16. The molecule has 2 heterocycles. The summed E-state index contributed by atoms with van der Waals surface area (Å²) in [4.78, 5) is 15.0. The van der Waals surface area contributed by atoms with Gasteiger partial charge in [-0.05, 0) is 53.6 Å². The highest BCUT2D eigenvalue weighted by Crippen LogP contribution is 2.36. The second-order valence-corrected chi connectivity index (χ2v) is 7.62. The normalized spacial score (nSPS) is 20.3. The monoisotopic (exact) mass is 338 g/mol. The molecule has 1 spiro atoms. The van der Waals surface area contributed by atoms with E-state index in [1.807, 2.05) is 19.1 Å². The maximum absolute atomic E-state index is 12.9. The van der Waals surface area contributed by atoms with Crippen molar-refractivity contribution in [3.05, 3.63) is 42.0 Å². The predicted molar refractivity (Wildman–Crippen MR) is 100 cm³/mol. The van der Waals surface area contributed by atoms with Gasteiger partial charge in [-0.3, -0.25) is 4.79 Å². The molecule has 0 saturated carbocycles. The van der Waals surface area contributed by atoms with E-state index in [2.05, 4.69) is 34.5 Å². The molecule has 4 heteroatoms. The number of nitrogens with one attached hydrogen (secondary N) is 1. The lowest BCUT2D eigenvalue weighted by molar-refractivity contribution is -0.135. The molecule has 0 bridgehead atoms. The predicted octanol–water partition coefficient (Wildman–Crippen LogP) is 3.16. The van der Waals surface area contributed by atoms with Gasteiger partial charge in [-0.2, -0.15) is 0 Å². The molecule has 0 aromatic heterocycles. The molecule has 0 radical (unpaired) electrons. The van der Waals surface area contributed by atoms with Crippen molar-refractivity contribution < 1.29 is 9.53 Å². The van der Waals surface area contributed by atoms with Gasteiger partial charge in [-0.25, -0.2) is 0 Å². The van der Waals surface area contributed by atoms with Crippen LogP contribution in [0.3, 0.4) is 0 Å². The van der Waals surface area contributed by atoms with Crippen LogP contribution in [0.2, 0.25) is 0 Å². The van der Waals surface area contributed by atoms with E-state index in [1.54, 1.807) is 7.11 Å². The second kappa shape index (κ2) is 6.34. The zero-order valence-electron chi connectivity index (χ0n) is 15.0. The minimum Gasteiger partial charge on any atom is -0.497 e. The number of carbonyl (C=O) groups is 1. The van der Waals surface area contributed by atoms with Crippen LogP contribution in [0.4, 0.5) is 0 Å². The Balaban J connectivity index is 1.49. The fourth-order valence-corrected chi connectivity index (χ4v) is 4.09. The highest BCUT2D eigenvalue weighted by molar-refractivity contribution is 5.88. The molecule has 132 valence electrons. The number of likely N-dealkylation sites (tertiary alicyclic amines) is 1. The molecule has 2 aromatic carbocycles. The molecule has 25 heavy (non-hydrogen) atoms. The van der Waals surface area contributed by atoms with Crippen LogP contribution in [0, 0.1) is 5.41 Å². The lowest BCUT2D eigenvalue weighted by atomic mass is 9.73. The number of ether oxygens (including phenoxy) is 1. The lowest BCUT2D eigenvalue weighted by Crippen LogP contribution is -2.59. The molecule has 4 nitrogen and oxygen atoms in total. The van der Waals surface area contributed by atoms with Crippen LogP contribution >= 0.6 is 0 Å². The number of benzene rings is 2. The number of hydrogen-bond acceptors (Lipinski definition) is 3. The topological polar surface area (TPSA) is 41.6 Å². The summed E-state index contributed by atoms with van der Waals surface area (Å²) in [6, 6.07) is 12.4. The molecule has 2 aromatic rings. The second-order valence-electron chi connectivity index (χ2n) is 7.62. The molecule has 2 saturated heterocycles. The summed E-state index contributed by atoms with van der Waals surface area (Å²) in [5.74, 6) is 1.02. The minimum atomic E-state index is -0.0972. The molecular formula is C21H26N2O2. The van der Waals surface area contributed by atoms with Crippen LogP contribution in [0.25, 0.3) is 10.8 Å². The largest absolute Gasteiger partial charge is 0.497 e. The molecule has 2 fully saturated rings. The van der Waals surface area contributed by atoms with Crippen LogP contribution in [0.15, 0.2) is 36.4 Å². The maximum atomic E-state index is 12.9. The van der Waals surface area contributed by atoms with Crippen molar-refractivity contribution in [1.82, 2.24) is 10.2 Å². The van der Waals surface area contributed by atoms with Crippen molar-refractivity contribution in [3.63, 3.8) is 0 Å². The third-order valence-corrected chi connectivity index (χ3v) is 6.08. The summed E-state index contributed by atoms with van der Waals surface area (Å²) >= 11 is 0. The van der Waals surface area contributed by atoms with Gasteiger partial charge in [0.15, 0.2) is 0 Å². The Bertz CT molecular complexity index is 788. The summed E-state index contributed by atoms with van der Waals surface area (Å²) in [6.45, 7) is 6.07. The van der Waals surface area contributed by atoms with Gasteiger partial charge in [0.2, 0.25) is 5.91 Å². The summed E-state index contributed by atoms with van der Waals surface area (Å²) in [5, 5.41) is 5.67. The van der Waals surface area contributed by atoms with Crippen LogP contribution in [-0.2, 0) is 4.79 Å². The number of fused-ring (bicyclic) bond motifs is 1. The standard InChI is InChI=1S/C21H26N2O2/c1-15(20(24)23-9-7-21(8-10-23)13-22-14-21)16-3-4-18-12-19(25-2)6-5-17(18)11-16/h3-6,11-12,15,22H,7-10,13-14H2,1-2H3/t15-/m0/s1. The molecule has 0 aliphatic carbocycles. The number of hydrogen-bond donors (Lipinski definition) is 1. The summed E-state index contributed by atoms with van der Waals surface area (Å²) in [7, 11) is 1.68. The lowest BCUT2D eigenvalue weighted by Gasteiger charge is -2.48. The molecule has 2 aliphatic heterocycles. The van der Waals surface area contributed by atoms with Crippen LogP contribution in [0.5, 0.6) is 5.75 Å². The first-order chi connectivity index (χ1) is 12.1. The van der Waals surface area contributed by atoms with Crippen LogP contribution < -0.4 is 10.1 Å². The smallest absolute Gasteiger partial charge is 0.229 e. The summed E-state index contributed by atoms with van der Waals surface area (Å²) < 4.78 is 5.28. The first kappa shape index (κ1) is 16.4. The quantitative estimate of drug-likeness (QED) is 0.935. The molecule has 1 amide bonds. The van der Waals surface area contributed by atoms with E-state index < -0.39 is 0 Å². The zero-order valence-corrected chi connectivity index (χ0v) is 15.0. The number of methoxy groups -OCH3 is 1. The average molecular weight is 338 g/mol. The highest BCUT2D eigenvalue weighted by Gasteiger charge is 2.41. The number of carbonyl (C=O) groups excluding carboxylic acids is 1. The van der Waals surface area contributed by atoms with Crippen molar-refractivity contribution in [2.24, 2.45) is 5.41 Å². The summed E-state index contributed by atoms with van der Waals surface area (Å²) in [6.07, 6.45) is 2.27. The Labute approximate surface area is 149 Å². The van der Waals surface area contributed by atoms with E-state index in [1.165, 1.54) is 0 Å². The van der Waals surface area contributed by atoms with Crippen molar-refractivity contribution in [3.8, 4) is 5.75 Å². The zero-order chi connectivity index (χ0) is 17.4. The Morgan fingerprint density at radius 1 is 1.12 bits per heavy atom. The van der Waals surface area contributed by atoms with Gasteiger partial charge in [-0.15, -0.1) is 0 Å². The third kappa shape index (κ3) is 2.99. The van der Waals surface area contributed by atoms with Gasteiger partial charge in [0.05, 0.1) is 13.0 Å². The molecule has 2 aliphatic rings. The molecule has 4 rings (SSSR count). The fourth-order valence-electron chi connectivity index (χ4n) is 4.09. The van der Waals surface area contributed by atoms with Gasteiger partial charge >= 0.3 is 0 Å². The van der Waals surface area contributed by atoms with Crippen molar-refractivity contribution in [2.45, 2.75) is 25.7 Å². The molecule has 1 N–H and O–H groups in total. The van der Waals surface area contributed by atoms with Crippen molar-refractivity contribution >= 4 is 16.7 Å². The van der Waals surface area contributed by atoms with E-state index >= 15 is 0 Å². The maximum Gasteiger partial charge on any atom is 0.229 e. The number of nitrogens with zero attached hydrogens (tertiary/aromatic N) is 1. The summed E-state index contributed by atoms with van der Waals surface area (Å²) in [5.41, 5.74) is 1.57. The Hall–Kier alpha value is -2.07. The highest BCUT2D eigenvalue weighted by atomic mass is 16.5. The van der Waals surface area contributed by atoms with E-state index in [4.69, 9.17) is 4.74 Å². The SMILES string of the molecule is COc1ccc2cc([C@H](C)C(=O)N3CCC4(CC3)CNC4)ccc2c1. The van der Waals surface area contributed by atoms with E-state index in [9.17, 15) is 4.79 Å². The van der Waals surface area contributed by atoms with Gasteiger partial charge in [0.1, 0.15) is 5.75 Å². The van der Waals surface area contributed by atoms with E-state index in [0.29, 0.717) is 5.41 Å². The van der Waals surface area contributed by atoms with Gasteiger partial charge < -0.3 is 15.0 Å². The molecule has 1 atom stereocenters. The minimum absolute atomic E-state index is 0.0972. The van der Waals surface area contributed by atoms with Crippen LogP contribution in [0.1, 0.15) is 31.2 Å². The number of rotatable bonds is 3. The van der Waals surface area contributed by atoms with Crippen LogP contribution in [-0.4, -0.2) is 44.1 Å². The van der Waals surface area contributed by atoms with E-state index in [-0.39, 0.29) is 11.8 Å². The van der Waals surface area contributed by atoms with E-state index in [0.717, 1.165) is 61.1 Å². The van der Waals surface area contributed by atoms with Gasteiger partial charge in [0.25, 0.3) is 0 Å². The van der Waals surface area contributed by atoms with Gasteiger partial charge in [-0.1, -0.05) is 24.3 Å². The molecular weight excluding hydrogens is 312 g/mol. The van der Waals surface area contributed by atoms with Crippen molar-refractivity contribution in [2.75, 3.05) is 33.3 Å². The molecule has 0 unspecified atom stereocenters. The Morgan fingerprint density at radius 2 is 1.80 bits per heavy atom. The first-order valence-electron chi connectivity index (χ1n) is 9.17.